The summed E-state index contributed by atoms with van der Waals surface area (Å²) < 4.78 is 26.8. The Labute approximate surface area is 101 Å². The van der Waals surface area contributed by atoms with Crippen molar-refractivity contribution in [1.29, 1.82) is 0 Å². The molecule has 0 aromatic carbocycles. The van der Waals surface area contributed by atoms with E-state index in [-0.39, 0.29) is 17.7 Å². The quantitative estimate of drug-likeness (QED) is 0.833. The summed E-state index contributed by atoms with van der Waals surface area (Å²) in [6.07, 6.45) is 0.852. The van der Waals surface area contributed by atoms with Crippen LogP contribution < -0.4 is 10.6 Å². The molecule has 1 atom stereocenters. The number of aromatic nitrogens is 1. The van der Waals surface area contributed by atoms with Gasteiger partial charge in [0.1, 0.15) is 0 Å². The zero-order valence-corrected chi connectivity index (χ0v) is 10.6. The van der Waals surface area contributed by atoms with Crippen molar-refractivity contribution in [3.63, 3.8) is 0 Å². The summed E-state index contributed by atoms with van der Waals surface area (Å²) in [4.78, 5) is 3.89. The Bertz CT molecular complexity index is 380. The topological polar surface area (TPSA) is 37.0 Å². The van der Waals surface area contributed by atoms with Gasteiger partial charge in [0.05, 0.1) is 0 Å². The Morgan fingerprint density at radius 3 is 2.29 bits per heavy atom. The Hall–Kier alpha value is -1.39. The Balaban J connectivity index is 2.97. The van der Waals surface area contributed by atoms with Crippen molar-refractivity contribution < 1.29 is 8.78 Å². The monoisotopic (exact) mass is 243 g/mol. The first kappa shape index (κ1) is 13.7. The van der Waals surface area contributed by atoms with Gasteiger partial charge < -0.3 is 10.6 Å². The van der Waals surface area contributed by atoms with Crippen molar-refractivity contribution in [2.75, 3.05) is 17.7 Å². The largest absolute Gasteiger partial charge is 0.371 e. The highest BCUT2D eigenvalue weighted by molar-refractivity contribution is 5.47. The predicted molar refractivity (Wildman–Crippen MR) is 66.2 cm³/mol. The van der Waals surface area contributed by atoms with Crippen molar-refractivity contribution in [3.05, 3.63) is 17.7 Å². The number of anilines is 2. The molecule has 1 aromatic heterocycles. The Morgan fingerprint density at radius 2 is 1.82 bits per heavy atom. The molecule has 3 nitrogen and oxygen atoms in total. The van der Waals surface area contributed by atoms with E-state index >= 15 is 0 Å². The van der Waals surface area contributed by atoms with E-state index in [0.717, 1.165) is 12.5 Å². The van der Waals surface area contributed by atoms with Gasteiger partial charge in [-0.05, 0) is 12.3 Å². The van der Waals surface area contributed by atoms with Gasteiger partial charge in [-0.3, -0.25) is 0 Å². The summed E-state index contributed by atoms with van der Waals surface area (Å²) in [6, 6.07) is 0.959. The fourth-order valence-electron chi connectivity index (χ4n) is 1.66. The molecule has 0 bridgehead atoms. The van der Waals surface area contributed by atoms with Gasteiger partial charge in [0.2, 0.25) is 0 Å². The molecule has 0 radical (unpaired) electrons. The van der Waals surface area contributed by atoms with Crippen LogP contribution >= 0.6 is 0 Å². The lowest BCUT2D eigenvalue weighted by atomic mass is 10.0. The molecular formula is C12H19F2N3. The summed E-state index contributed by atoms with van der Waals surface area (Å²) in [7, 11) is 1.55. The van der Waals surface area contributed by atoms with Crippen LogP contribution in [0, 0.1) is 17.6 Å². The highest BCUT2D eigenvalue weighted by atomic mass is 19.1. The van der Waals surface area contributed by atoms with Gasteiger partial charge in [0, 0.05) is 19.2 Å². The number of nitrogens with zero attached hydrogens (tertiary/aromatic N) is 1. The van der Waals surface area contributed by atoms with E-state index in [4.69, 9.17) is 0 Å². The van der Waals surface area contributed by atoms with Crippen LogP contribution in [0.15, 0.2) is 6.07 Å². The van der Waals surface area contributed by atoms with Crippen LogP contribution in [0.3, 0.4) is 0 Å². The van der Waals surface area contributed by atoms with Gasteiger partial charge >= 0.3 is 0 Å². The van der Waals surface area contributed by atoms with Gasteiger partial charge in [-0.25, -0.2) is 13.8 Å². The van der Waals surface area contributed by atoms with Crippen LogP contribution in [0.5, 0.6) is 0 Å². The molecule has 1 rings (SSSR count). The maximum Gasteiger partial charge on any atom is 0.168 e. The minimum Gasteiger partial charge on any atom is -0.371 e. The molecule has 0 aliphatic rings. The first-order valence-electron chi connectivity index (χ1n) is 5.79. The number of hydrogen-bond acceptors (Lipinski definition) is 3. The van der Waals surface area contributed by atoms with Crippen LogP contribution in [0.25, 0.3) is 0 Å². The summed E-state index contributed by atoms with van der Waals surface area (Å²) in [6.45, 7) is 6.10. The smallest absolute Gasteiger partial charge is 0.168 e. The third-order valence-electron chi connectivity index (χ3n) is 2.73. The van der Waals surface area contributed by atoms with Crippen LogP contribution in [0.1, 0.15) is 27.2 Å². The SMILES string of the molecule is CCC(Nc1nc(NC)c(F)cc1F)C(C)C. The average Bonchev–Trinajstić information content (AvgIpc) is 2.27. The van der Waals surface area contributed by atoms with E-state index in [2.05, 4.69) is 15.6 Å². The summed E-state index contributed by atoms with van der Waals surface area (Å²) in [5.74, 6) is -0.859. The van der Waals surface area contributed by atoms with Crippen LogP contribution in [0.4, 0.5) is 20.4 Å². The molecule has 96 valence electrons. The highest BCUT2D eigenvalue weighted by Crippen LogP contribution is 2.21. The van der Waals surface area contributed by atoms with E-state index in [9.17, 15) is 8.78 Å². The number of pyridine rings is 1. The van der Waals surface area contributed by atoms with Gasteiger partial charge in [0.25, 0.3) is 0 Å². The standard InChI is InChI=1S/C12H19F2N3/c1-5-10(7(2)3)16-12-9(14)6-8(13)11(15-4)17-12/h6-7,10H,5H2,1-4H3,(H2,15,16,17). The minimum absolute atomic E-state index is 0.0486. The van der Waals surface area contributed by atoms with Gasteiger partial charge in [-0.2, -0.15) is 0 Å². The molecule has 0 aliphatic carbocycles. The van der Waals surface area contributed by atoms with E-state index in [1.807, 2.05) is 20.8 Å². The molecule has 2 N–H and O–H groups in total. The Morgan fingerprint density at radius 1 is 1.24 bits per heavy atom. The van der Waals surface area contributed by atoms with Crippen LogP contribution in [-0.4, -0.2) is 18.1 Å². The molecule has 1 unspecified atom stereocenters. The molecule has 1 heterocycles. The van der Waals surface area contributed by atoms with Crippen molar-refractivity contribution in [1.82, 2.24) is 4.98 Å². The number of halogens is 2. The second-order valence-corrected chi connectivity index (χ2v) is 4.30. The van der Waals surface area contributed by atoms with Crippen LogP contribution in [0.2, 0.25) is 0 Å². The zero-order valence-electron chi connectivity index (χ0n) is 10.6. The minimum atomic E-state index is -0.687. The fourth-order valence-corrected chi connectivity index (χ4v) is 1.66. The van der Waals surface area contributed by atoms with E-state index in [1.165, 1.54) is 0 Å². The van der Waals surface area contributed by atoms with Gasteiger partial charge in [-0.15, -0.1) is 0 Å². The summed E-state index contributed by atoms with van der Waals surface area (Å²) in [5, 5.41) is 5.60. The van der Waals surface area contributed by atoms with E-state index in [0.29, 0.717) is 5.92 Å². The number of rotatable bonds is 5. The fraction of sp³-hybridized carbons (Fsp3) is 0.583. The third kappa shape index (κ3) is 3.28. The normalized spacial score (nSPS) is 12.6. The van der Waals surface area contributed by atoms with Crippen molar-refractivity contribution in [2.45, 2.75) is 33.2 Å². The molecule has 17 heavy (non-hydrogen) atoms. The van der Waals surface area contributed by atoms with E-state index < -0.39 is 11.6 Å². The highest BCUT2D eigenvalue weighted by Gasteiger charge is 2.16. The predicted octanol–water partition coefficient (Wildman–Crippen LogP) is 3.25. The molecule has 0 saturated heterocycles. The molecular weight excluding hydrogens is 224 g/mol. The maximum absolute atomic E-state index is 13.5. The molecule has 0 aliphatic heterocycles. The first-order valence-corrected chi connectivity index (χ1v) is 5.79. The second-order valence-electron chi connectivity index (χ2n) is 4.30. The van der Waals surface area contributed by atoms with Gasteiger partial charge in [0.15, 0.2) is 23.3 Å². The van der Waals surface area contributed by atoms with Crippen molar-refractivity contribution >= 4 is 11.6 Å². The van der Waals surface area contributed by atoms with Crippen molar-refractivity contribution in [3.8, 4) is 0 Å². The molecule has 0 fully saturated rings. The summed E-state index contributed by atoms with van der Waals surface area (Å²) >= 11 is 0. The Kier molecular flexibility index (Phi) is 4.66. The zero-order chi connectivity index (χ0) is 13.0. The van der Waals surface area contributed by atoms with Crippen LogP contribution in [-0.2, 0) is 0 Å². The second kappa shape index (κ2) is 5.80. The third-order valence-corrected chi connectivity index (χ3v) is 2.73. The molecule has 0 spiro atoms. The molecule has 5 heteroatoms. The first-order chi connectivity index (χ1) is 7.99. The van der Waals surface area contributed by atoms with E-state index in [1.54, 1.807) is 7.05 Å². The molecule has 0 saturated carbocycles. The molecule has 1 aromatic rings. The summed E-state index contributed by atoms with van der Waals surface area (Å²) in [5.41, 5.74) is 0. The molecule has 0 amide bonds. The lowest BCUT2D eigenvalue weighted by Gasteiger charge is -2.21. The maximum atomic E-state index is 13.5. The number of nitrogens with one attached hydrogen (secondary N) is 2. The number of hydrogen-bond donors (Lipinski definition) is 2. The van der Waals surface area contributed by atoms with Gasteiger partial charge in [-0.1, -0.05) is 20.8 Å². The van der Waals surface area contributed by atoms with Crippen molar-refractivity contribution in [2.24, 2.45) is 5.92 Å². The lowest BCUT2D eigenvalue weighted by molar-refractivity contribution is 0.502. The average molecular weight is 243 g/mol. The lowest BCUT2D eigenvalue weighted by Crippen LogP contribution is -2.26.